The van der Waals surface area contributed by atoms with Gasteiger partial charge in [0.15, 0.2) is 5.82 Å². The molecule has 3 nitrogen and oxygen atoms in total. The summed E-state index contributed by atoms with van der Waals surface area (Å²) >= 11 is 5.40. The third-order valence-corrected chi connectivity index (χ3v) is 1.19. The molecule has 0 N–H and O–H groups in total. The van der Waals surface area contributed by atoms with Crippen molar-refractivity contribution in [2.45, 2.75) is 20.3 Å². The van der Waals surface area contributed by atoms with E-state index in [0.29, 0.717) is 11.7 Å². The molecule has 1 heterocycles. The minimum atomic E-state index is 0.121. The Morgan fingerprint density at radius 3 is 2.70 bits per heavy atom. The van der Waals surface area contributed by atoms with Crippen LogP contribution < -0.4 is 0 Å². The fourth-order valence-corrected chi connectivity index (χ4v) is 0.813. The van der Waals surface area contributed by atoms with Crippen molar-refractivity contribution in [1.29, 1.82) is 0 Å². The van der Waals surface area contributed by atoms with E-state index in [1.807, 2.05) is 0 Å². The Kier molecular flexibility index (Phi) is 2.27. The Morgan fingerprint density at radius 1 is 1.60 bits per heavy atom. The van der Waals surface area contributed by atoms with Crippen LogP contribution in [-0.4, -0.2) is 10.1 Å². The first-order valence-electron chi connectivity index (χ1n) is 3.16. The van der Waals surface area contributed by atoms with E-state index in [1.165, 1.54) is 0 Å². The Morgan fingerprint density at radius 2 is 2.30 bits per heavy atom. The van der Waals surface area contributed by atoms with Gasteiger partial charge in [-0.1, -0.05) is 19.0 Å². The van der Waals surface area contributed by atoms with E-state index in [2.05, 4.69) is 28.5 Å². The molecule has 0 aliphatic rings. The molecule has 10 heavy (non-hydrogen) atoms. The Balaban J connectivity index is 2.58. The highest BCUT2D eigenvalue weighted by Crippen LogP contribution is 2.07. The average molecular weight is 161 g/mol. The van der Waals surface area contributed by atoms with Crippen molar-refractivity contribution in [2.75, 3.05) is 0 Å². The molecule has 0 atom stereocenters. The molecular formula is C6H9ClN2O. The zero-order valence-electron chi connectivity index (χ0n) is 5.97. The van der Waals surface area contributed by atoms with Crippen LogP contribution in [0.15, 0.2) is 4.52 Å². The topological polar surface area (TPSA) is 38.9 Å². The Bertz CT molecular complexity index is 209. The van der Waals surface area contributed by atoms with E-state index in [1.54, 1.807) is 0 Å². The SMILES string of the molecule is CC(C)Cc1noc(Cl)n1. The minimum absolute atomic E-state index is 0.121. The van der Waals surface area contributed by atoms with Crippen molar-refractivity contribution in [1.82, 2.24) is 10.1 Å². The molecule has 0 aromatic carbocycles. The second-order valence-electron chi connectivity index (χ2n) is 2.56. The maximum absolute atomic E-state index is 5.40. The molecule has 0 aliphatic heterocycles. The normalized spacial score (nSPS) is 10.8. The van der Waals surface area contributed by atoms with Crippen LogP contribution in [0.2, 0.25) is 5.35 Å². The van der Waals surface area contributed by atoms with E-state index in [-0.39, 0.29) is 5.35 Å². The maximum atomic E-state index is 5.40. The summed E-state index contributed by atoms with van der Waals surface area (Å²) in [5.41, 5.74) is 0. The Hall–Kier alpha value is -0.570. The van der Waals surface area contributed by atoms with Crippen LogP contribution in [0, 0.1) is 5.92 Å². The van der Waals surface area contributed by atoms with E-state index in [4.69, 9.17) is 11.6 Å². The molecule has 0 bridgehead atoms. The monoisotopic (exact) mass is 160 g/mol. The lowest BCUT2D eigenvalue weighted by atomic mass is 10.1. The van der Waals surface area contributed by atoms with Gasteiger partial charge in [0.2, 0.25) is 0 Å². The largest absolute Gasteiger partial charge is 0.321 e. The second-order valence-corrected chi connectivity index (χ2v) is 2.88. The smallest absolute Gasteiger partial charge is 0.320 e. The highest BCUT2D eigenvalue weighted by atomic mass is 35.5. The number of rotatable bonds is 2. The van der Waals surface area contributed by atoms with Crippen molar-refractivity contribution in [3.63, 3.8) is 0 Å². The van der Waals surface area contributed by atoms with Gasteiger partial charge in [-0.05, 0) is 17.5 Å². The molecule has 4 heteroatoms. The van der Waals surface area contributed by atoms with E-state index in [9.17, 15) is 0 Å². The van der Waals surface area contributed by atoms with Crippen molar-refractivity contribution in [3.05, 3.63) is 11.2 Å². The van der Waals surface area contributed by atoms with Gasteiger partial charge in [0, 0.05) is 6.42 Å². The third-order valence-electron chi connectivity index (χ3n) is 1.03. The predicted molar refractivity (Wildman–Crippen MR) is 37.9 cm³/mol. The molecule has 1 aromatic rings. The van der Waals surface area contributed by atoms with Crippen molar-refractivity contribution < 1.29 is 4.52 Å². The lowest BCUT2D eigenvalue weighted by Gasteiger charge is -1.95. The molecule has 0 amide bonds. The lowest BCUT2D eigenvalue weighted by molar-refractivity contribution is 0.408. The second kappa shape index (κ2) is 3.01. The zero-order valence-corrected chi connectivity index (χ0v) is 6.72. The summed E-state index contributed by atoms with van der Waals surface area (Å²) in [7, 11) is 0. The van der Waals surface area contributed by atoms with Crippen molar-refractivity contribution in [3.8, 4) is 0 Å². The predicted octanol–water partition coefficient (Wildman–Crippen LogP) is 1.92. The van der Waals surface area contributed by atoms with Crippen LogP contribution in [0.1, 0.15) is 19.7 Å². The maximum Gasteiger partial charge on any atom is 0.320 e. The van der Waals surface area contributed by atoms with Gasteiger partial charge in [-0.25, -0.2) is 0 Å². The quantitative estimate of drug-likeness (QED) is 0.664. The summed E-state index contributed by atoms with van der Waals surface area (Å²) in [6.07, 6.45) is 0.816. The van der Waals surface area contributed by atoms with Gasteiger partial charge in [-0.3, -0.25) is 0 Å². The van der Waals surface area contributed by atoms with Gasteiger partial charge < -0.3 is 4.52 Å². The van der Waals surface area contributed by atoms with Crippen LogP contribution in [-0.2, 0) is 6.42 Å². The molecule has 0 unspecified atom stereocenters. The summed E-state index contributed by atoms with van der Waals surface area (Å²) in [6, 6.07) is 0. The number of aromatic nitrogens is 2. The molecule has 1 aromatic heterocycles. The molecule has 56 valence electrons. The minimum Gasteiger partial charge on any atom is -0.321 e. The van der Waals surface area contributed by atoms with Crippen LogP contribution in [0.25, 0.3) is 0 Å². The molecule has 0 fully saturated rings. The molecule has 0 aliphatic carbocycles. The molecule has 0 saturated heterocycles. The first-order valence-corrected chi connectivity index (χ1v) is 3.54. The summed E-state index contributed by atoms with van der Waals surface area (Å²) in [5, 5.41) is 3.76. The van der Waals surface area contributed by atoms with E-state index >= 15 is 0 Å². The third kappa shape index (κ3) is 1.99. The first-order chi connectivity index (χ1) is 4.68. The number of hydrogen-bond donors (Lipinski definition) is 0. The van der Waals surface area contributed by atoms with Gasteiger partial charge >= 0.3 is 5.35 Å². The van der Waals surface area contributed by atoms with Crippen LogP contribution >= 0.6 is 11.6 Å². The van der Waals surface area contributed by atoms with Crippen LogP contribution in [0.4, 0.5) is 0 Å². The van der Waals surface area contributed by atoms with Gasteiger partial charge in [0.1, 0.15) is 0 Å². The highest BCUT2D eigenvalue weighted by molar-refractivity contribution is 6.27. The first kappa shape index (κ1) is 7.54. The fraction of sp³-hybridized carbons (Fsp3) is 0.667. The average Bonchev–Trinajstić information content (AvgIpc) is 2.13. The number of halogens is 1. The van der Waals surface area contributed by atoms with Crippen LogP contribution in [0.5, 0.6) is 0 Å². The zero-order chi connectivity index (χ0) is 7.56. The van der Waals surface area contributed by atoms with Crippen LogP contribution in [0.3, 0.4) is 0 Å². The fourth-order valence-electron chi connectivity index (χ4n) is 0.681. The number of hydrogen-bond acceptors (Lipinski definition) is 3. The summed E-state index contributed by atoms with van der Waals surface area (Å²) in [5.74, 6) is 1.22. The van der Waals surface area contributed by atoms with Gasteiger partial charge in [0.05, 0.1) is 0 Å². The summed E-state index contributed by atoms with van der Waals surface area (Å²) in [4.78, 5) is 3.84. The highest BCUT2D eigenvalue weighted by Gasteiger charge is 2.04. The van der Waals surface area contributed by atoms with Crippen molar-refractivity contribution in [2.24, 2.45) is 5.92 Å². The molecule has 0 spiro atoms. The molecule has 0 radical (unpaired) electrons. The molecule has 1 rings (SSSR count). The Labute approximate surface area is 64.4 Å². The lowest BCUT2D eigenvalue weighted by Crippen LogP contribution is -1.95. The van der Waals surface area contributed by atoms with E-state index < -0.39 is 0 Å². The standard InChI is InChI=1S/C6H9ClN2O/c1-4(2)3-5-8-6(7)10-9-5/h4H,3H2,1-2H3. The molecular weight excluding hydrogens is 152 g/mol. The summed E-state index contributed by atoms with van der Waals surface area (Å²) < 4.78 is 4.57. The number of nitrogens with zero attached hydrogens (tertiary/aromatic N) is 2. The molecule has 0 saturated carbocycles. The van der Waals surface area contributed by atoms with Gasteiger partial charge in [-0.15, -0.1) is 0 Å². The summed E-state index contributed by atoms with van der Waals surface area (Å²) in [6.45, 7) is 4.18. The van der Waals surface area contributed by atoms with E-state index in [0.717, 1.165) is 6.42 Å². The van der Waals surface area contributed by atoms with Crippen molar-refractivity contribution >= 4 is 11.6 Å². The van der Waals surface area contributed by atoms with Gasteiger partial charge in [0.25, 0.3) is 0 Å². The van der Waals surface area contributed by atoms with Gasteiger partial charge in [-0.2, -0.15) is 4.98 Å².